The molecule has 4 heteroatoms. The zero-order valence-corrected chi connectivity index (χ0v) is 11.3. The van der Waals surface area contributed by atoms with Gasteiger partial charge in [0.15, 0.2) is 0 Å². The number of hydrogen-bond acceptors (Lipinski definition) is 3. The number of aliphatic hydroxyl groups is 1. The molecule has 0 saturated carbocycles. The van der Waals surface area contributed by atoms with E-state index in [-0.39, 0.29) is 12.0 Å². The first-order valence-electron chi connectivity index (χ1n) is 6.77. The summed E-state index contributed by atoms with van der Waals surface area (Å²) in [6, 6.07) is 9.53. The Morgan fingerprint density at radius 2 is 2.00 bits per heavy atom. The summed E-state index contributed by atoms with van der Waals surface area (Å²) in [5.74, 6) is 0.128. The van der Waals surface area contributed by atoms with Crippen molar-refractivity contribution in [2.75, 3.05) is 19.7 Å². The average Bonchev–Trinajstić information content (AvgIpc) is 2.46. The van der Waals surface area contributed by atoms with Gasteiger partial charge in [0.25, 0.3) is 0 Å². The highest BCUT2D eigenvalue weighted by atomic mass is 16.5. The molecule has 1 amide bonds. The molecule has 1 aromatic carbocycles. The summed E-state index contributed by atoms with van der Waals surface area (Å²) in [7, 11) is 0. The van der Waals surface area contributed by atoms with Gasteiger partial charge in [0.1, 0.15) is 6.10 Å². The van der Waals surface area contributed by atoms with Crippen molar-refractivity contribution < 1.29 is 14.6 Å². The van der Waals surface area contributed by atoms with E-state index in [0.717, 1.165) is 31.5 Å². The average molecular weight is 263 g/mol. The van der Waals surface area contributed by atoms with Crippen molar-refractivity contribution in [3.8, 4) is 0 Å². The molecule has 0 spiro atoms. The second-order valence-electron chi connectivity index (χ2n) is 4.97. The third-order valence-corrected chi connectivity index (χ3v) is 3.56. The smallest absolute Gasteiger partial charge is 0.219 e. The summed E-state index contributed by atoms with van der Waals surface area (Å²) < 4.78 is 5.74. The number of carbonyl (C=O) groups is 1. The lowest BCUT2D eigenvalue weighted by atomic mass is 10.1. The van der Waals surface area contributed by atoms with Gasteiger partial charge in [-0.1, -0.05) is 30.3 Å². The molecule has 1 fully saturated rings. The molecule has 1 atom stereocenters. The highest BCUT2D eigenvalue weighted by Crippen LogP contribution is 2.18. The largest absolute Gasteiger partial charge is 0.386 e. The summed E-state index contributed by atoms with van der Waals surface area (Å²) in [5.41, 5.74) is 0.878. The SMILES string of the molecule is CC(=O)N1CCC(OCC(O)c2ccccc2)CC1. The number of nitrogens with zero attached hydrogens (tertiary/aromatic N) is 1. The lowest BCUT2D eigenvalue weighted by Gasteiger charge is -2.31. The van der Waals surface area contributed by atoms with Crippen LogP contribution in [0.25, 0.3) is 0 Å². The van der Waals surface area contributed by atoms with E-state index in [2.05, 4.69) is 0 Å². The van der Waals surface area contributed by atoms with Gasteiger partial charge in [-0.2, -0.15) is 0 Å². The minimum Gasteiger partial charge on any atom is -0.386 e. The zero-order valence-electron chi connectivity index (χ0n) is 11.3. The molecule has 0 aromatic heterocycles. The Balaban J connectivity index is 1.73. The van der Waals surface area contributed by atoms with E-state index in [0.29, 0.717) is 6.61 Å². The molecule has 0 radical (unpaired) electrons. The molecule has 4 nitrogen and oxygen atoms in total. The molecular weight excluding hydrogens is 242 g/mol. The van der Waals surface area contributed by atoms with Crippen molar-refractivity contribution in [1.82, 2.24) is 4.90 Å². The molecule has 1 saturated heterocycles. The Kier molecular flexibility index (Phi) is 4.93. The van der Waals surface area contributed by atoms with Crippen LogP contribution >= 0.6 is 0 Å². The Labute approximate surface area is 114 Å². The minimum atomic E-state index is -0.577. The first kappa shape index (κ1) is 14.0. The fourth-order valence-corrected chi connectivity index (χ4v) is 2.34. The summed E-state index contributed by atoms with van der Waals surface area (Å²) in [5, 5.41) is 10.0. The van der Waals surface area contributed by atoms with Crippen LogP contribution < -0.4 is 0 Å². The molecule has 1 N–H and O–H groups in total. The second kappa shape index (κ2) is 6.68. The van der Waals surface area contributed by atoms with E-state index in [1.54, 1.807) is 6.92 Å². The number of piperidine rings is 1. The van der Waals surface area contributed by atoms with Crippen LogP contribution in [0.1, 0.15) is 31.4 Å². The maximum Gasteiger partial charge on any atom is 0.219 e. The molecule has 1 aromatic rings. The van der Waals surface area contributed by atoms with Crippen LogP contribution in [0, 0.1) is 0 Å². The highest BCUT2D eigenvalue weighted by molar-refractivity contribution is 5.73. The van der Waals surface area contributed by atoms with Crippen molar-refractivity contribution in [2.24, 2.45) is 0 Å². The van der Waals surface area contributed by atoms with Gasteiger partial charge in [0.05, 0.1) is 12.7 Å². The number of likely N-dealkylation sites (tertiary alicyclic amines) is 1. The van der Waals surface area contributed by atoms with Crippen LogP contribution in [0.15, 0.2) is 30.3 Å². The quantitative estimate of drug-likeness (QED) is 0.900. The standard InChI is InChI=1S/C15H21NO3/c1-12(17)16-9-7-14(8-10-16)19-11-15(18)13-5-3-2-4-6-13/h2-6,14-15,18H,7-11H2,1H3. The van der Waals surface area contributed by atoms with Gasteiger partial charge in [-0.3, -0.25) is 4.79 Å². The van der Waals surface area contributed by atoms with Gasteiger partial charge in [0, 0.05) is 20.0 Å². The molecule has 19 heavy (non-hydrogen) atoms. The molecule has 1 aliphatic heterocycles. The fourth-order valence-electron chi connectivity index (χ4n) is 2.34. The maximum absolute atomic E-state index is 11.2. The molecule has 0 aliphatic carbocycles. The molecule has 2 rings (SSSR count). The van der Waals surface area contributed by atoms with Gasteiger partial charge in [-0.25, -0.2) is 0 Å². The summed E-state index contributed by atoms with van der Waals surface area (Å²) >= 11 is 0. The lowest BCUT2D eigenvalue weighted by Crippen LogP contribution is -2.40. The molecule has 1 aliphatic rings. The molecule has 1 unspecified atom stereocenters. The second-order valence-corrected chi connectivity index (χ2v) is 4.97. The maximum atomic E-state index is 11.2. The van der Waals surface area contributed by atoms with E-state index >= 15 is 0 Å². The third kappa shape index (κ3) is 4.04. The predicted molar refractivity (Wildman–Crippen MR) is 72.6 cm³/mol. The van der Waals surface area contributed by atoms with Gasteiger partial charge >= 0.3 is 0 Å². The monoisotopic (exact) mass is 263 g/mol. The topological polar surface area (TPSA) is 49.8 Å². The first-order chi connectivity index (χ1) is 9.16. The van der Waals surface area contributed by atoms with E-state index < -0.39 is 6.10 Å². The highest BCUT2D eigenvalue weighted by Gasteiger charge is 2.21. The van der Waals surface area contributed by atoms with Crippen LogP contribution in [0.5, 0.6) is 0 Å². The minimum absolute atomic E-state index is 0.128. The fraction of sp³-hybridized carbons (Fsp3) is 0.533. The van der Waals surface area contributed by atoms with E-state index in [9.17, 15) is 9.90 Å². The Bertz CT molecular complexity index is 399. The summed E-state index contributed by atoms with van der Waals surface area (Å²) in [6.45, 7) is 3.41. The first-order valence-corrected chi connectivity index (χ1v) is 6.77. The molecule has 0 bridgehead atoms. The Hall–Kier alpha value is -1.39. The van der Waals surface area contributed by atoms with E-state index in [4.69, 9.17) is 4.74 Å². The number of benzene rings is 1. The van der Waals surface area contributed by atoms with Gasteiger partial charge in [-0.15, -0.1) is 0 Å². The number of amides is 1. The van der Waals surface area contributed by atoms with E-state index in [1.807, 2.05) is 35.2 Å². The predicted octanol–water partition coefficient (Wildman–Crippen LogP) is 1.75. The number of hydrogen-bond donors (Lipinski definition) is 1. The molecule has 1 heterocycles. The summed E-state index contributed by atoms with van der Waals surface area (Å²) in [4.78, 5) is 13.0. The van der Waals surface area contributed by atoms with Crippen molar-refractivity contribution in [2.45, 2.75) is 32.0 Å². The van der Waals surface area contributed by atoms with Crippen molar-refractivity contribution >= 4 is 5.91 Å². The van der Waals surface area contributed by atoms with Crippen LogP contribution in [0.4, 0.5) is 0 Å². The van der Waals surface area contributed by atoms with Crippen molar-refractivity contribution in [1.29, 1.82) is 0 Å². The molecular formula is C15H21NO3. The van der Waals surface area contributed by atoms with Gasteiger partial charge in [0.2, 0.25) is 5.91 Å². The van der Waals surface area contributed by atoms with E-state index in [1.165, 1.54) is 0 Å². The number of rotatable bonds is 4. The normalized spacial score (nSPS) is 18.3. The van der Waals surface area contributed by atoms with Gasteiger partial charge < -0.3 is 14.7 Å². The number of carbonyl (C=O) groups excluding carboxylic acids is 1. The Morgan fingerprint density at radius 1 is 1.37 bits per heavy atom. The lowest BCUT2D eigenvalue weighted by molar-refractivity contribution is -0.131. The van der Waals surface area contributed by atoms with Crippen LogP contribution in [-0.2, 0) is 9.53 Å². The van der Waals surface area contributed by atoms with Crippen molar-refractivity contribution in [3.63, 3.8) is 0 Å². The number of ether oxygens (including phenoxy) is 1. The van der Waals surface area contributed by atoms with Crippen LogP contribution in [0.2, 0.25) is 0 Å². The van der Waals surface area contributed by atoms with Crippen molar-refractivity contribution in [3.05, 3.63) is 35.9 Å². The van der Waals surface area contributed by atoms with Crippen LogP contribution in [0.3, 0.4) is 0 Å². The molecule has 104 valence electrons. The Morgan fingerprint density at radius 3 is 2.58 bits per heavy atom. The third-order valence-electron chi connectivity index (χ3n) is 3.56. The zero-order chi connectivity index (χ0) is 13.7. The van der Waals surface area contributed by atoms with Gasteiger partial charge in [-0.05, 0) is 18.4 Å². The number of aliphatic hydroxyl groups excluding tert-OH is 1. The summed E-state index contributed by atoms with van der Waals surface area (Å²) in [6.07, 6.45) is 1.27. The van der Waals surface area contributed by atoms with Crippen LogP contribution in [-0.4, -0.2) is 41.7 Å².